The minimum absolute atomic E-state index is 0.0846. The number of thiol groups is 1. The Morgan fingerprint density at radius 1 is 1.09 bits per heavy atom. The van der Waals surface area contributed by atoms with Gasteiger partial charge in [0.2, 0.25) is 5.91 Å². The number of ether oxygens (including phenoxy) is 2. The maximum absolute atomic E-state index is 14.8. The molecule has 1 N–H and O–H groups in total. The van der Waals surface area contributed by atoms with Crippen molar-refractivity contribution in [2.24, 2.45) is 0 Å². The Bertz CT molecular complexity index is 1120. The maximum Gasteiger partial charge on any atom is 0.228 e. The van der Waals surface area contributed by atoms with Crippen molar-refractivity contribution in [2.75, 3.05) is 24.3 Å². The molecule has 1 heterocycles. The van der Waals surface area contributed by atoms with Crippen LogP contribution in [0.1, 0.15) is 30.9 Å². The molecule has 0 radical (unpaired) electrons. The smallest absolute Gasteiger partial charge is 0.228 e. The highest BCUT2D eigenvalue weighted by Crippen LogP contribution is 2.39. The molecule has 0 aromatic heterocycles. The molecule has 4 rings (SSSR count). The van der Waals surface area contributed by atoms with Crippen LogP contribution >= 0.6 is 11.6 Å². The van der Waals surface area contributed by atoms with E-state index in [1.165, 1.54) is 22.7 Å². The minimum atomic E-state index is -0.832. The van der Waals surface area contributed by atoms with Crippen LogP contribution < -0.4 is 10.1 Å². The lowest BCUT2D eigenvalue weighted by Crippen LogP contribution is -2.40. The van der Waals surface area contributed by atoms with Gasteiger partial charge < -0.3 is 14.8 Å². The Balaban J connectivity index is 1.42. The number of carbonyl (C=O) groups excluding carboxylic acids is 1. The molecule has 1 aliphatic heterocycles. The van der Waals surface area contributed by atoms with Gasteiger partial charge in [-0.15, -0.1) is 0 Å². The van der Waals surface area contributed by atoms with Gasteiger partial charge in [0.1, 0.15) is 22.9 Å². The van der Waals surface area contributed by atoms with Crippen molar-refractivity contribution in [1.29, 1.82) is 0 Å². The molecular weight excluding hydrogens is 473 g/mol. The highest BCUT2D eigenvalue weighted by Gasteiger charge is 2.39. The average molecular weight is 501 g/mol. The first-order valence-electron chi connectivity index (χ1n) is 11.4. The van der Waals surface area contributed by atoms with E-state index in [-0.39, 0.29) is 11.7 Å². The molecule has 7 heteroatoms. The van der Waals surface area contributed by atoms with E-state index in [1.807, 2.05) is 12.1 Å². The van der Waals surface area contributed by atoms with Gasteiger partial charge in [0.25, 0.3) is 0 Å². The summed E-state index contributed by atoms with van der Waals surface area (Å²) in [6.45, 7) is 3.10. The molecule has 34 heavy (non-hydrogen) atoms. The normalized spacial score (nSPS) is 15.0. The molecule has 0 aliphatic carbocycles. The topological polar surface area (TPSA) is 47.6 Å². The van der Waals surface area contributed by atoms with Gasteiger partial charge in [0.05, 0.1) is 19.6 Å². The summed E-state index contributed by atoms with van der Waals surface area (Å²) >= 11 is 7.24. The van der Waals surface area contributed by atoms with Crippen molar-refractivity contribution in [3.8, 4) is 5.75 Å². The monoisotopic (exact) mass is 500 g/mol. The standard InChI is InChI=1S/C27H27ClFNO3S/c1-2-34-23-10-3-19(4-11-23)17-26(31)30-21-6-8-22(9-7-21)33-27(13-15-32-16-14-27)24-12-5-20(28)18-25(24)29/h3-12,18H,2,13-17H2,1H3,(H,30,31)/p+1. The SMILES string of the molecule is CC[SH+]c1ccc(CC(=O)Nc2ccc(OC3(c4ccc(Cl)cc4F)CCOCC3)cc2)cc1. The fourth-order valence-corrected chi connectivity index (χ4v) is 4.99. The van der Waals surface area contributed by atoms with Crippen molar-refractivity contribution in [3.05, 3.63) is 88.7 Å². The number of anilines is 1. The number of rotatable bonds is 8. The van der Waals surface area contributed by atoms with E-state index >= 15 is 0 Å². The van der Waals surface area contributed by atoms with Gasteiger partial charge in [-0.25, -0.2) is 4.39 Å². The Kier molecular flexibility index (Phi) is 8.14. The summed E-state index contributed by atoms with van der Waals surface area (Å²) in [7, 11) is 0. The van der Waals surface area contributed by atoms with Gasteiger partial charge in [-0.3, -0.25) is 4.79 Å². The van der Waals surface area contributed by atoms with Gasteiger partial charge in [0, 0.05) is 40.9 Å². The van der Waals surface area contributed by atoms with Crippen molar-refractivity contribution in [3.63, 3.8) is 0 Å². The fourth-order valence-electron chi connectivity index (χ4n) is 4.11. The Morgan fingerprint density at radius 2 is 1.79 bits per heavy atom. The van der Waals surface area contributed by atoms with Crippen LogP contribution in [0.25, 0.3) is 0 Å². The van der Waals surface area contributed by atoms with Crippen molar-refractivity contribution < 1.29 is 18.7 Å². The van der Waals surface area contributed by atoms with E-state index in [2.05, 4.69) is 24.4 Å². The molecule has 0 saturated carbocycles. The van der Waals surface area contributed by atoms with Gasteiger partial charge >= 0.3 is 0 Å². The molecule has 178 valence electrons. The summed E-state index contributed by atoms with van der Waals surface area (Å²) in [6, 6.07) is 20.0. The van der Waals surface area contributed by atoms with Crippen molar-refractivity contribution in [2.45, 2.75) is 36.7 Å². The zero-order valence-electron chi connectivity index (χ0n) is 19.0. The van der Waals surface area contributed by atoms with E-state index < -0.39 is 5.60 Å². The van der Waals surface area contributed by atoms with Crippen LogP contribution in [0.15, 0.2) is 71.6 Å². The predicted octanol–water partition coefficient (Wildman–Crippen LogP) is 5.94. The fraction of sp³-hybridized carbons (Fsp3) is 0.296. The lowest BCUT2D eigenvalue weighted by atomic mass is 9.85. The zero-order valence-corrected chi connectivity index (χ0v) is 20.7. The lowest BCUT2D eigenvalue weighted by Gasteiger charge is -2.38. The first-order chi connectivity index (χ1) is 16.5. The number of carbonyl (C=O) groups is 1. The van der Waals surface area contributed by atoms with Crippen LogP contribution in [0.3, 0.4) is 0 Å². The molecule has 1 fully saturated rings. The summed E-state index contributed by atoms with van der Waals surface area (Å²) in [6.07, 6.45) is 1.36. The number of nitrogens with one attached hydrogen (secondary N) is 1. The van der Waals surface area contributed by atoms with E-state index in [0.29, 0.717) is 54.5 Å². The molecule has 0 atom stereocenters. The highest BCUT2D eigenvalue weighted by atomic mass is 35.5. The molecule has 3 aromatic rings. The first-order valence-corrected chi connectivity index (χ1v) is 12.8. The average Bonchev–Trinajstić information content (AvgIpc) is 2.82. The number of amides is 1. The molecule has 1 saturated heterocycles. The molecule has 4 nitrogen and oxygen atoms in total. The van der Waals surface area contributed by atoms with Gasteiger partial charge in [-0.2, -0.15) is 0 Å². The van der Waals surface area contributed by atoms with E-state index in [0.717, 1.165) is 11.3 Å². The number of hydrogen-bond acceptors (Lipinski definition) is 3. The van der Waals surface area contributed by atoms with Crippen LogP contribution in [-0.2, 0) is 33.3 Å². The molecule has 0 bridgehead atoms. The van der Waals surface area contributed by atoms with Gasteiger partial charge in [-0.05, 0) is 61.0 Å². The third kappa shape index (κ3) is 6.12. The second-order valence-electron chi connectivity index (χ2n) is 8.22. The molecule has 3 aromatic carbocycles. The van der Waals surface area contributed by atoms with Gasteiger partial charge in [0.15, 0.2) is 4.90 Å². The quantitative estimate of drug-likeness (QED) is 0.307. The number of hydrogen-bond donors (Lipinski definition) is 1. The summed E-state index contributed by atoms with van der Waals surface area (Å²) < 4.78 is 26.6. The summed E-state index contributed by atoms with van der Waals surface area (Å²) in [5, 5.41) is 3.27. The van der Waals surface area contributed by atoms with Gasteiger partial charge in [-0.1, -0.05) is 29.8 Å². The summed E-state index contributed by atoms with van der Waals surface area (Å²) in [5.41, 5.74) is 1.29. The maximum atomic E-state index is 14.8. The third-order valence-corrected chi connectivity index (χ3v) is 7.03. The second-order valence-corrected chi connectivity index (χ2v) is 10.1. The predicted molar refractivity (Wildman–Crippen MR) is 137 cm³/mol. The highest BCUT2D eigenvalue weighted by molar-refractivity contribution is 7.78. The lowest BCUT2D eigenvalue weighted by molar-refractivity contribution is -0.115. The minimum Gasteiger partial charge on any atom is -0.482 e. The van der Waals surface area contributed by atoms with E-state index in [4.69, 9.17) is 21.1 Å². The first kappa shape index (κ1) is 24.6. The molecule has 1 amide bonds. The third-order valence-electron chi connectivity index (χ3n) is 5.82. The van der Waals surface area contributed by atoms with Crippen LogP contribution in [0, 0.1) is 5.82 Å². The van der Waals surface area contributed by atoms with Crippen LogP contribution in [0.2, 0.25) is 5.02 Å². The van der Waals surface area contributed by atoms with Crippen molar-refractivity contribution >= 4 is 35.0 Å². The van der Waals surface area contributed by atoms with E-state index in [9.17, 15) is 9.18 Å². The second kappa shape index (κ2) is 11.3. The van der Waals surface area contributed by atoms with Crippen LogP contribution in [0.5, 0.6) is 5.75 Å². The largest absolute Gasteiger partial charge is 0.482 e. The molecule has 0 spiro atoms. The number of benzene rings is 3. The Labute approximate surface area is 208 Å². The van der Waals surface area contributed by atoms with Crippen molar-refractivity contribution in [1.82, 2.24) is 0 Å². The molecule has 1 aliphatic rings. The van der Waals surface area contributed by atoms with Crippen LogP contribution in [-0.4, -0.2) is 24.9 Å². The molecule has 0 unspecified atom stereocenters. The van der Waals surface area contributed by atoms with E-state index in [1.54, 1.807) is 36.4 Å². The van der Waals surface area contributed by atoms with Crippen LogP contribution in [0.4, 0.5) is 10.1 Å². The Morgan fingerprint density at radius 3 is 2.44 bits per heavy atom. The summed E-state index contributed by atoms with van der Waals surface area (Å²) in [4.78, 5) is 13.7. The molecular formula is C27H28ClFNO3S+. The summed E-state index contributed by atoms with van der Waals surface area (Å²) in [5.74, 6) is 1.20. The number of halogens is 2. The zero-order chi connectivity index (χ0) is 24.0. The Hall–Kier alpha value is -2.54.